The maximum Gasteiger partial charge on any atom is 0.243 e. The molecule has 0 amide bonds. The summed E-state index contributed by atoms with van der Waals surface area (Å²) in [6.07, 6.45) is 0. The summed E-state index contributed by atoms with van der Waals surface area (Å²) >= 11 is 0. The van der Waals surface area contributed by atoms with E-state index in [0.717, 1.165) is 5.69 Å². The highest BCUT2D eigenvalue weighted by molar-refractivity contribution is 7.89. The number of benzene rings is 3. The fourth-order valence-corrected chi connectivity index (χ4v) is 4.71. The van der Waals surface area contributed by atoms with Gasteiger partial charge in [0.25, 0.3) is 0 Å². The molecule has 0 saturated carbocycles. The molecule has 0 radical (unpaired) electrons. The highest BCUT2D eigenvalue weighted by atomic mass is 32.2. The van der Waals surface area contributed by atoms with E-state index in [9.17, 15) is 12.8 Å². The van der Waals surface area contributed by atoms with Crippen LogP contribution in [0.4, 0.5) is 10.1 Å². The standard InChI is InChI=1S/C22H21FN2O3S/c23-18-6-8-19(9-7-18)24-14-16-25(17-15-24)29(26,27)22-12-10-21(11-13-22)28-20-4-2-1-3-5-20/h1-13H,14-17H2. The Bertz CT molecular complexity index is 1050. The molecule has 0 N–H and O–H groups in total. The van der Waals surface area contributed by atoms with Crippen molar-refractivity contribution >= 4 is 15.7 Å². The van der Waals surface area contributed by atoms with Gasteiger partial charge in [-0.1, -0.05) is 18.2 Å². The predicted molar refractivity (Wildman–Crippen MR) is 110 cm³/mol. The van der Waals surface area contributed by atoms with Crippen molar-refractivity contribution in [1.82, 2.24) is 4.31 Å². The van der Waals surface area contributed by atoms with Crippen molar-refractivity contribution < 1.29 is 17.5 Å². The van der Waals surface area contributed by atoms with E-state index in [2.05, 4.69) is 4.90 Å². The molecule has 1 aliphatic rings. The van der Waals surface area contributed by atoms with Gasteiger partial charge in [-0.05, 0) is 60.7 Å². The summed E-state index contributed by atoms with van der Waals surface area (Å²) in [4.78, 5) is 2.30. The molecule has 0 atom stereocenters. The maximum absolute atomic E-state index is 13.1. The van der Waals surface area contributed by atoms with Gasteiger partial charge in [0.15, 0.2) is 0 Å². The number of anilines is 1. The van der Waals surface area contributed by atoms with Crippen molar-refractivity contribution in [3.63, 3.8) is 0 Å². The van der Waals surface area contributed by atoms with Crippen molar-refractivity contribution in [1.29, 1.82) is 0 Å². The normalized spacial score (nSPS) is 15.3. The van der Waals surface area contributed by atoms with Crippen molar-refractivity contribution in [3.05, 3.63) is 84.7 Å². The van der Waals surface area contributed by atoms with Crippen molar-refractivity contribution in [2.45, 2.75) is 4.90 Å². The van der Waals surface area contributed by atoms with Crippen LogP contribution >= 0.6 is 0 Å². The molecule has 0 aromatic heterocycles. The Balaban J connectivity index is 1.41. The Hall–Kier alpha value is -2.90. The van der Waals surface area contributed by atoms with Gasteiger partial charge in [-0.2, -0.15) is 4.31 Å². The number of piperazine rings is 1. The molecule has 3 aromatic rings. The Morgan fingerprint density at radius 2 is 1.31 bits per heavy atom. The van der Waals surface area contributed by atoms with Crippen molar-refractivity contribution in [2.24, 2.45) is 0 Å². The van der Waals surface area contributed by atoms with Gasteiger partial charge in [0.1, 0.15) is 17.3 Å². The van der Waals surface area contributed by atoms with Crippen molar-refractivity contribution in [2.75, 3.05) is 31.1 Å². The Morgan fingerprint density at radius 1 is 0.724 bits per heavy atom. The zero-order valence-electron chi connectivity index (χ0n) is 15.7. The molecular formula is C22H21FN2O3S. The van der Waals surface area contributed by atoms with Crippen LogP contribution in [0.2, 0.25) is 0 Å². The van der Waals surface area contributed by atoms with Crippen molar-refractivity contribution in [3.8, 4) is 11.5 Å². The van der Waals surface area contributed by atoms with Crippen LogP contribution in [-0.2, 0) is 10.0 Å². The number of sulfonamides is 1. The molecule has 7 heteroatoms. The number of hydrogen-bond donors (Lipinski definition) is 0. The lowest BCUT2D eigenvalue weighted by Crippen LogP contribution is -2.48. The van der Waals surface area contributed by atoms with Crippen LogP contribution in [0, 0.1) is 5.82 Å². The van der Waals surface area contributed by atoms with E-state index in [-0.39, 0.29) is 10.7 Å². The Kier molecular flexibility index (Phi) is 5.51. The zero-order chi connectivity index (χ0) is 20.3. The van der Waals surface area contributed by atoms with Gasteiger partial charge < -0.3 is 9.64 Å². The van der Waals surface area contributed by atoms with Gasteiger partial charge in [-0.25, -0.2) is 12.8 Å². The van der Waals surface area contributed by atoms with E-state index in [4.69, 9.17) is 4.74 Å². The van der Waals surface area contributed by atoms with E-state index >= 15 is 0 Å². The first-order valence-corrected chi connectivity index (χ1v) is 10.8. The van der Waals surface area contributed by atoms with E-state index < -0.39 is 10.0 Å². The van der Waals surface area contributed by atoms with Gasteiger partial charge in [-0.15, -0.1) is 0 Å². The van der Waals surface area contributed by atoms with Crippen LogP contribution in [0.15, 0.2) is 83.8 Å². The first kappa shape index (κ1) is 19.4. The molecule has 1 fully saturated rings. The van der Waals surface area contributed by atoms with Crippen LogP contribution in [0.1, 0.15) is 0 Å². The van der Waals surface area contributed by atoms with E-state index in [1.54, 1.807) is 36.4 Å². The summed E-state index contributed by atoms with van der Waals surface area (Å²) in [7, 11) is -3.57. The first-order valence-electron chi connectivity index (χ1n) is 9.36. The summed E-state index contributed by atoms with van der Waals surface area (Å²) in [6, 6.07) is 22.0. The molecule has 1 heterocycles. The van der Waals surface area contributed by atoms with Gasteiger partial charge in [0.2, 0.25) is 10.0 Å². The quantitative estimate of drug-likeness (QED) is 0.632. The summed E-state index contributed by atoms with van der Waals surface area (Å²) in [6.45, 7) is 1.87. The lowest BCUT2D eigenvalue weighted by molar-refractivity contribution is 0.385. The van der Waals surface area contributed by atoms with Crippen LogP contribution in [-0.4, -0.2) is 38.9 Å². The molecule has 1 aliphatic heterocycles. The van der Waals surface area contributed by atoms with Crippen LogP contribution in [0.25, 0.3) is 0 Å². The molecule has 0 bridgehead atoms. The second kappa shape index (κ2) is 8.23. The Morgan fingerprint density at radius 3 is 1.93 bits per heavy atom. The van der Waals surface area contributed by atoms with Gasteiger partial charge in [-0.3, -0.25) is 0 Å². The highest BCUT2D eigenvalue weighted by Crippen LogP contribution is 2.25. The minimum Gasteiger partial charge on any atom is -0.457 e. The minimum atomic E-state index is -3.57. The van der Waals surface area contributed by atoms with E-state index in [1.165, 1.54) is 16.4 Å². The number of hydrogen-bond acceptors (Lipinski definition) is 4. The van der Waals surface area contributed by atoms with Gasteiger partial charge >= 0.3 is 0 Å². The smallest absolute Gasteiger partial charge is 0.243 e. The number of ether oxygens (including phenoxy) is 1. The summed E-state index contributed by atoms with van der Waals surface area (Å²) in [5, 5.41) is 0. The third-order valence-electron chi connectivity index (χ3n) is 4.87. The second-order valence-electron chi connectivity index (χ2n) is 6.75. The van der Waals surface area contributed by atoms with E-state index in [1.807, 2.05) is 30.3 Å². The molecule has 0 unspecified atom stereocenters. The number of halogens is 1. The monoisotopic (exact) mass is 412 g/mol. The van der Waals surface area contributed by atoms with Gasteiger partial charge in [0.05, 0.1) is 4.90 Å². The van der Waals surface area contributed by atoms with Gasteiger partial charge in [0, 0.05) is 31.9 Å². The molecule has 150 valence electrons. The predicted octanol–water partition coefficient (Wildman–Crippen LogP) is 4.13. The summed E-state index contributed by atoms with van der Waals surface area (Å²) < 4.78 is 46.2. The molecular weight excluding hydrogens is 391 g/mol. The minimum absolute atomic E-state index is 0.244. The molecule has 0 spiro atoms. The lowest BCUT2D eigenvalue weighted by atomic mass is 10.2. The van der Waals surface area contributed by atoms with E-state index in [0.29, 0.717) is 37.7 Å². The molecule has 29 heavy (non-hydrogen) atoms. The average molecular weight is 412 g/mol. The fraction of sp³-hybridized carbons (Fsp3) is 0.182. The molecule has 5 nitrogen and oxygen atoms in total. The van der Waals surface area contributed by atoms with Crippen LogP contribution < -0.4 is 9.64 Å². The fourth-order valence-electron chi connectivity index (χ4n) is 3.29. The molecule has 4 rings (SSSR count). The number of rotatable bonds is 5. The second-order valence-corrected chi connectivity index (χ2v) is 8.69. The van der Waals surface area contributed by atoms with Crippen LogP contribution in [0.5, 0.6) is 11.5 Å². The van der Waals surface area contributed by atoms with Crippen LogP contribution in [0.3, 0.4) is 0 Å². The lowest BCUT2D eigenvalue weighted by Gasteiger charge is -2.35. The zero-order valence-corrected chi connectivity index (χ0v) is 16.6. The molecule has 0 aliphatic carbocycles. The number of nitrogens with zero attached hydrogens (tertiary/aromatic N) is 2. The third kappa shape index (κ3) is 4.41. The third-order valence-corrected chi connectivity index (χ3v) is 6.78. The topological polar surface area (TPSA) is 49.9 Å². The number of para-hydroxylation sites is 1. The molecule has 3 aromatic carbocycles. The average Bonchev–Trinajstić information content (AvgIpc) is 2.75. The Labute approximate surface area is 170 Å². The SMILES string of the molecule is O=S(=O)(c1ccc(Oc2ccccc2)cc1)N1CCN(c2ccc(F)cc2)CC1. The molecule has 1 saturated heterocycles. The largest absolute Gasteiger partial charge is 0.457 e. The summed E-state index contributed by atoms with van der Waals surface area (Å²) in [5.41, 5.74) is 0.894. The first-order chi connectivity index (χ1) is 14.0. The highest BCUT2D eigenvalue weighted by Gasteiger charge is 2.28. The summed E-state index contributed by atoms with van der Waals surface area (Å²) in [5.74, 6) is 0.992. The maximum atomic E-state index is 13.1.